The zero-order chi connectivity index (χ0) is 19.8. The highest BCUT2D eigenvalue weighted by Crippen LogP contribution is 2.37. The lowest BCUT2D eigenvalue weighted by molar-refractivity contribution is 0.292. The van der Waals surface area contributed by atoms with E-state index in [-0.39, 0.29) is 0 Å². The van der Waals surface area contributed by atoms with Crippen molar-refractivity contribution in [3.63, 3.8) is 0 Å². The number of sulfonamides is 1. The molecule has 0 unspecified atom stereocenters. The van der Waals surface area contributed by atoms with Crippen LogP contribution in [0.1, 0.15) is 43.1 Å². The highest BCUT2D eigenvalue weighted by Gasteiger charge is 2.29. The van der Waals surface area contributed by atoms with E-state index in [0.717, 1.165) is 18.4 Å². The number of rotatable bonds is 5. The summed E-state index contributed by atoms with van der Waals surface area (Å²) >= 11 is 1.21. The second-order valence-electron chi connectivity index (χ2n) is 7.45. The molecule has 3 heterocycles. The highest BCUT2D eigenvalue weighted by atomic mass is 32.2. The summed E-state index contributed by atoms with van der Waals surface area (Å²) in [7, 11) is -3.54. The molecule has 6 nitrogen and oxygen atoms in total. The second kappa shape index (κ2) is 7.51. The lowest BCUT2D eigenvalue weighted by atomic mass is 9.85. The third kappa shape index (κ3) is 3.56. The molecule has 1 aliphatic heterocycles. The van der Waals surface area contributed by atoms with Gasteiger partial charge in [-0.2, -0.15) is 9.29 Å². The van der Waals surface area contributed by atoms with Crippen molar-refractivity contribution in [3.8, 4) is 11.4 Å². The van der Waals surface area contributed by atoms with E-state index >= 15 is 0 Å². The standard InChI is InChI=1S/C21H21N3O3S2/c25-29(26,24-11-9-16(10-12-24)15-5-2-1-3-6-15)19-13-18(14-28-19)20-22-21(27-23-20)17-7-4-8-17/h1-3,5-6,9,13-14,17H,4,7-8,10-12H2. The molecule has 1 aliphatic carbocycles. The van der Waals surface area contributed by atoms with Gasteiger partial charge in [0, 0.05) is 30.0 Å². The molecular formula is C21H21N3O3S2. The Balaban J connectivity index is 1.33. The SMILES string of the molecule is O=S(=O)(c1cc(-c2noc(C3CCC3)n2)cs1)N1CC=C(c2ccccc2)CC1. The lowest BCUT2D eigenvalue weighted by Gasteiger charge is -2.25. The maximum absolute atomic E-state index is 13.1. The van der Waals surface area contributed by atoms with Gasteiger partial charge < -0.3 is 4.52 Å². The van der Waals surface area contributed by atoms with E-state index in [0.29, 0.717) is 46.9 Å². The fourth-order valence-electron chi connectivity index (χ4n) is 3.65. The largest absolute Gasteiger partial charge is 0.339 e. The monoisotopic (exact) mass is 427 g/mol. The Bertz CT molecular complexity index is 1140. The van der Waals surface area contributed by atoms with Gasteiger partial charge in [0.2, 0.25) is 11.7 Å². The van der Waals surface area contributed by atoms with Gasteiger partial charge in [0.1, 0.15) is 4.21 Å². The van der Waals surface area contributed by atoms with Gasteiger partial charge in [0.15, 0.2) is 0 Å². The van der Waals surface area contributed by atoms with E-state index in [2.05, 4.69) is 22.3 Å². The van der Waals surface area contributed by atoms with Crippen LogP contribution in [0, 0.1) is 0 Å². The average Bonchev–Trinajstić information content (AvgIpc) is 3.38. The maximum Gasteiger partial charge on any atom is 0.252 e. The Labute approximate surface area is 173 Å². The van der Waals surface area contributed by atoms with Gasteiger partial charge in [0.05, 0.1) is 0 Å². The number of thiophene rings is 1. The summed E-state index contributed by atoms with van der Waals surface area (Å²) in [6.07, 6.45) is 6.07. The third-order valence-electron chi connectivity index (χ3n) is 5.64. The minimum Gasteiger partial charge on any atom is -0.339 e. The van der Waals surface area contributed by atoms with Crippen LogP contribution in [0.25, 0.3) is 17.0 Å². The minimum atomic E-state index is -3.54. The minimum absolute atomic E-state index is 0.319. The van der Waals surface area contributed by atoms with Gasteiger partial charge in [-0.1, -0.05) is 48.0 Å². The van der Waals surface area contributed by atoms with Crippen molar-refractivity contribution in [2.45, 2.75) is 35.8 Å². The van der Waals surface area contributed by atoms with Crippen LogP contribution in [0.5, 0.6) is 0 Å². The third-order valence-corrected chi connectivity index (χ3v) is 8.92. The number of aromatic nitrogens is 2. The molecule has 0 radical (unpaired) electrons. The molecule has 0 amide bonds. The zero-order valence-corrected chi connectivity index (χ0v) is 17.5. The van der Waals surface area contributed by atoms with E-state index in [4.69, 9.17) is 4.52 Å². The molecule has 29 heavy (non-hydrogen) atoms. The molecule has 150 valence electrons. The predicted octanol–water partition coefficient (Wildman–Crippen LogP) is 4.54. The molecule has 0 atom stereocenters. The van der Waals surface area contributed by atoms with Crippen molar-refractivity contribution in [1.82, 2.24) is 14.4 Å². The predicted molar refractivity (Wildman–Crippen MR) is 112 cm³/mol. The first kappa shape index (κ1) is 18.7. The van der Waals surface area contributed by atoms with Crippen LogP contribution < -0.4 is 0 Å². The molecular weight excluding hydrogens is 406 g/mol. The maximum atomic E-state index is 13.1. The van der Waals surface area contributed by atoms with Crippen molar-refractivity contribution < 1.29 is 12.9 Å². The summed E-state index contributed by atoms with van der Waals surface area (Å²) in [5.41, 5.74) is 3.04. The molecule has 2 aromatic heterocycles. The molecule has 1 fully saturated rings. The summed E-state index contributed by atoms with van der Waals surface area (Å²) in [6, 6.07) is 11.8. The van der Waals surface area contributed by atoms with Gasteiger partial charge in [-0.3, -0.25) is 0 Å². The number of nitrogens with zero attached hydrogens (tertiary/aromatic N) is 3. The van der Waals surface area contributed by atoms with Gasteiger partial charge >= 0.3 is 0 Å². The molecule has 1 aromatic carbocycles. The van der Waals surface area contributed by atoms with Crippen LogP contribution in [0.3, 0.4) is 0 Å². The van der Waals surface area contributed by atoms with Gasteiger partial charge in [-0.15, -0.1) is 11.3 Å². The Morgan fingerprint density at radius 3 is 2.66 bits per heavy atom. The summed E-state index contributed by atoms with van der Waals surface area (Å²) in [5, 5.41) is 5.83. The summed E-state index contributed by atoms with van der Waals surface area (Å²) in [5.74, 6) is 1.49. The number of hydrogen-bond acceptors (Lipinski definition) is 6. The van der Waals surface area contributed by atoms with Crippen molar-refractivity contribution in [2.24, 2.45) is 0 Å². The topological polar surface area (TPSA) is 76.3 Å². The molecule has 3 aromatic rings. The van der Waals surface area contributed by atoms with E-state index in [1.165, 1.54) is 27.6 Å². The Hall–Kier alpha value is -2.29. The normalized spacial score (nSPS) is 18.4. The number of hydrogen-bond donors (Lipinski definition) is 0. The van der Waals surface area contributed by atoms with E-state index in [9.17, 15) is 8.42 Å². The van der Waals surface area contributed by atoms with Gasteiger partial charge in [-0.05, 0) is 36.5 Å². The summed E-state index contributed by atoms with van der Waals surface area (Å²) in [4.78, 5) is 4.46. The Morgan fingerprint density at radius 2 is 1.97 bits per heavy atom. The molecule has 0 N–H and O–H groups in total. The zero-order valence-electron chi connectivity index (χ0n) is 15.8. The quantitative estimate of drug-likeness (QED) is 0.597. The molecule has 0 spiro atoms. The lowest BCUT2D eigenvalue weighted by Crippen LogP contribution is -2.34. The summed E-state index contributed by atoms with van der Waals surface area (Å²) < 4.78 is 33.4. The first-order valence-electron chi connectivity index (χ1n) is 9.78. The highest BCUT2D eigenvalue weighted by molar-refractivity contribution is 7.91. The molecule has 8 heteroatoms. The van der Waals surface area contributed by atoms with Crippen LogP contribution in [0.15, 0.2) is 56.6 Å². The molecule has 5 rings (SSSR count). The first-order chi connectivity index (χ1) is 14.1. The van der Waals surface area contributed by atoms with Crippen molar-refractivity contribution in [1.29, 1.82) is 0 Å². The van der Waals surface area contributed by atoms with E-state index in [1.807, 2.05) is 24.3 Å². The molecule has 0 bridgehead atoms. The van der Waals surface area contributed by atoms with Crippen LogP contribution in [-0.2, 0) is 10.0 Å². The molecule has 0 saturated heterocycles. The van der Waals surface area contributed by atoms with Gasteiger partial charge in [-0.25, -0.2) is 8.42 Å². The van der Waals surface area contributed by atoms with Crippen molar-refractivity contribution in [3.05, 3.63) is 59.3 Å². The second-order valence-corrected chi connectivity index (χ2v) is 10.5. The fourth-order valence-corrected chi connectivity index (χ4v) is 6.34. The number of benzene rings is 1. The van der Waals surface area contributed by atoms with Gasteiger partial charge in [0.25, 0.3) is 10.0 Å². The molecule has 2 aliphatic rings. The van der Waals surface area contributed by atoms with Crippen LogP contribution in [0.2, 0.25) is 0 Å². The average molecular weight is 428 g/mol. The van der Waals surface area contributed by atoms with Crippen molar-refractivity contribution >= 4 is 26.9 Å². The summed E-state index contributed by atoms with van der Waals surface area (Å²) in [6.45, 7) is 0.859. The van der Waals surface area contributed by atoms with Crippen LogP contribution in [0.4, 0.5) is 0 Å². The van der Waals surface area contributed by atoms with Crippen molar-refractivity contribution in [2.75, 3.05) is 13.1 Å². The van der Waals surface area contributed by atoms with Crippen LogP contribution >= 0.6 is 11.3 Å². The Morgan fingerprint density at radius 1 is 1.14 bits per heavy atom. The Kier molecular flexibility index (Phi) is 4.85. The van der Waals surface area contributed by atoms with E-state index < -0.39 is 10.0 Å². The first-order valence-corrected chi connectivity index (χ1v) is 12.1. The molecule has 1 saturated carbocycles. The van der Waals surface area contributed by atoms with Crippen LogP contribution in [-0.4, -0.2) is 36.0 Å². The van der Waals surface area contributed by atoms with E-state index in [1.54, 1.807) is 11.4 Å². The fraction of sp³-hybridized carbons (Fsp3) is 0.333. The smallest absolute Gasteiger partial charge is 0.252 e.